The third-order valence-electron chi connectivity index (χ3n) is 4.09. The van der Waals surface area contributed by atoms with Crippen LogP contribution in [0.4, 0.5) is 5.69 Å². The zero-order valence-corrected chi connectivity index (χ0v) is 15.4. The predicted octanol–water partition coefficient (Wildman–Crippen LogP) is 4.27. The van der Waals surface area contributed by atoms with Crippen LogP contribution in [0.15, 0.2) is 48.7 Å². The molecule has 0 aliphatic heterocycles. The molecule has 134 valence electrons. The topological polar surface area (TPSA) is 60.5 Å². The van der Waals surface area contributed by atoms with Crippen molar-refractivity contribution in [2.75, 3.05) is 12.4 Å². The third kappa shape index (κ3) is 3.77. The summed E-state index contributed by atoms with van der Waals surface area (Å²) < 4.78 is 11.2. The molecular formula is C21H22N2O3. The van der Waals surface area contributed by atoms with Gasteiger partial charge in [0.1, 0.15) is 17.0 Å². The van der Waals surface area contributed by atoms with Gasteiger partial charge in [0.05, 0.1) is 12.8 Å². The van der Waals surface area contributed by atoms with Gasteiger partial charge >= 0.3 is 0 Å². The van der Waals surface area contributed by atoms with Gasteiger partial charge in [-0.1, -0.05) is 6.07 Å². The molecule has 1 heterocycles. The zero-order chi connectivity index (χ0) is 18.7. The van der Waals surface area contributed by atoms with E-state index in [1.54, 1.807) is 26.3 Å². The Kier molecular flexibility index (Phi) is 5.07. The zero-order valence-electron chi connectivity index (χ0n) is 15.4. The highest BCUT2D eigenvalue weighted by Gasteiger charge is 2.17. The minimum absolute atomic E-state index is 0.223. The summed E-state index contributed by atoms with van der Waals surface area (Å²) in [7, 11) is 1.60. The van der Waals surface area contributed by atoms with Gasteiger partial charge in [0.15, 0.2) is 6.10 Å². The number of benzene rings is 2. The largest absolute Gasteiger partial charge is 0.494 e. The van der Waals surface area contributed by atoms with Crippen LogP contribution < -0.4 is 14.8 Å². The van der Waals surface area contributed by atoms with Crippen molar-refractivity contribution in [1.82, 2.24) is 4.98 Å². The predicted molar refractivity (Wildman–Crippen MR) is 103 cm³/mol. The molecule has 3 aromatic rings. The van der Waals surface area contributed by atoms with Gasteiger partial charge in [-0.25, -0.2) is 0 Å². The second-order valence-corrected chi connectivity index (χ2v) is 6.29. The Labute approximate surface area is 153 Å². The van der Waals surface area contributed by atoms with Crippen LogP contribution in [-0.2, 0) is 4.79 Å². The van der Waals surface area contributed by atoms with E-state index in [2.05, 4.69) is 16.4 Å². The van der Waals surface area contributed by atoms with Crippen LogP contribution in [-0.4, -0.2) is 24.1 Å². The lowest BCUT2D eigenvalue weighted by atomic mass is 10.1. The molecule has 1 atom stereocenters. The second-order valence-electron chi connectivity index (χ2n) is 6.29. The highest BCUT2D eigenvalue weighted by atomic mass is 16.5. The molecule has 0 fully saturated rings. The van der Waals surface area contributed by atoms with Gasteiger partial charge < -0.3 is 14.8 Å². The molecule has 1 aromatic heterocycles. The molecule has 0 aliphatic rings. The minimum atomic E-state index is -0.634. The molecule has 0 bridgehead atoms. The van der Waals surface area contributed by atoms with Crippen molar-refractivity contribution in [3.63, 3.8) is 0 Å². The first-order chi connectivity index (χ1) is 12.5. The van der Waals surface area contributed by atoms with E-state index in [-0.39, 0.29) is 5.91 Å². The van der Waals surface area contributed by atoms with Crippen molar-refractivity contribution in [3.05, 3.63) is 59.8 Å². The maximum absolute atomic E-state index is 12.6. The standard InChI is InChI=1S/C21H22N2O3/c1-13-10-14(2)12-16(11-13)26-15(3)21(24)23-18-7-8-19(25-4)20-17(18)6-5-9-22-20/h5-12,15H,1-4H3,(H,23,24). The van der Waals surface area contributed by atoms with Crippen molar-refractivity contribution in [2.45, 2.75) is 26.9 Å². The van der Waals surface area contributed by atoms with E-state index in [1.165, 1.54) is 0 Å². The van der Waals surface area contributed by atoms with Crippen LogP contribution >= 0.6 is 0 Å². The van der Waals surface area contributed by atoms with E-state index < -0.39 is 6.10 Å². The summed E-state index contributed by atoms with van der Waals surface area (Å²) in [4.78, 5) is 16.9. The fraction of sp³-hybridized carbons (Fsp3) is 0.238. The van der Waals surface area contributed by atoms with E-state index in [0.29, 0.717) is 22.7 Å². The summed E-state index contributed by atoms with van der Waals surface area (Å²) >= 11 is 0. The molecule has 0 saturated heterocycles. The summed E-state index contributed by atoms with van der Waals surface area (Å²) in [6, 6.07) is 13.2. The normalized spacial score (nSPS) is 11.8. The number of fused-ring (bicyclic) bond motifs is 1. The minimum Gasteiger partial charge on any atom is -0.494 e. The maximum atomic E-state index is 12.6. The van der Waals surface area contributed by atoms with Gasteiger partial charge in [-0.15, -0.1) is 0 Å². The first kappa shape index (κ1) is 17.7. The number of hydrogen-bond acceptors (Lipinski definition) is 4. The quantitative estimate of drug-likeness (QED) is 0.747. The summed E-state index contributed by atoms with van der Waals surface area (Å²) in [5, 5.41) is 3.74. The van der Waals surface area contributed by atoms with Crippen LogP contribution in [0.2, 0.25) is 0 Å². The van der Waals surface area contributed by atoms with E-state index in [0.717, 1.165) is 16.5 Å². The van der Waals surface area contributed by atoms with Crippen LogP contribution in [0.5, 0.6) is 11.5 Å². The lowest BCUT2D eigenvalue weighted by molar-refractivity contribution is -0.122. The van der Waals surface area contributed by atoms with Gasteiger partial charge in [-0.2, -0.15) is 0 Å². The Hall–Kier alpha value is -3.08. The number of carbonyl (C=O) groups excluding carboxylic acids is 1. The molecule has 0 radical (unpaired) electrons. The lowest BCUT2D eigenvalue weighted by Crippen LogP contribution is -2.30. The molecule has 1 amide bonds. The van der Waals surface area contributed by atoms with Gasteiger partial charge in [0, 0.05) is 11.6 Å². The number of anilines is 1. The SMILES string of the molecule is COc1ccc(NC(=O)C(C)Oc2cc(C)cc(C)c2)c2cccnc12. The van der Waals surface area contributed by atoms with Crippen LogP contribution in [0.25, 0.3) is 10.9 Å². The van der Waals surface area contributed by atoms with Gasteiger partial charge in [0.2, 0.25) is 0 Å². The van der Waals surface area contributed by atoms with Crippen molar-refractivity contribution < 1.29 is 14.3 Å². The molecule has 0 aliphatic carbocycles. The van der Waals surface area contributed by atoms with Gasteiger partial charge in [-0.05, 0) is 68.3 Å². The number of pyridine rings is 1. The van der Waals surface area contributed by atoms with Crippen molar-refractivity contribution in [2.24, 2.45) is 0 Å². The van der Waals surface area contributed by atoms with Crippen molar-refractivity contribution >= 4 is 22.5 Å². The number of carbonyl (C=O) groups is 1. The third-order valence-corrected chi connectivity index (χ3v) is 4.09. The number of aromatic nitrogens is 1. The molecule has 5 heteroatoms. The number of nitrogens with zero attached hydrogens (tertiary/aromatic N) is 1. The molecule has 1 N–H and O–H groups in total. The molecule has 26 heavy (non-hydrogen) atoms. The highest BCUT2D eigenvalue weighted by molar-refractivity contribution is 6.04. The van der Waals surface area contributed by atoms with E-state index >= 15 is 0 Å². The molecule has 0 saturated carbocycles. The Morgan fingerprint density at radius 1 is 1.12 bits per heavy atom. The van der Waals surface area contributed by atoms with Gasteiger partial charge in [-0.3, -0.25) is 9.78 Å². The summed E-state index contributed by atoms with van der Waals surface area (Å²) in [5.41, 5.74) is 3.57. The number of ether oxygens (including phenoxy) is 2. The number of hydrogen-bond donors (Lipinski definition) is 1. The number of amides is 1. The van der Waals surface area contributed by atoms with Crippen LogP contribution in [0.3, 0.4) is 0 Å². The monoisotopic (exact) mass is 350 g/mol. The average Bonchev–Trinajstić information content (AvgIpc) is 2.61. The van der Waals surface area contributed by atoms with Crippen molar-refractivity contribution in [1.29, 1.82) is 0 Å². The van der Waals surface area contributed by atoms with E-state index in [4.69, 9.17) is 9.47 Å². The second kappa shape index (κ2) is 7.44. The fourth-order valence-corrected chi connectivity index (χ4v) is 2.91. The first-order valence-corrected chi connectivity index (χ1v) is 8.45. The van der Waals surface area contributed by atoms with E-state index in [9.17, 15) is 4.79 Å². The number of rotatable bonds is 5. The molecule has 2 aromatic carbocycles. The van der Waals surface area contributed by atoms with Crippen molar-refractivity contribution in [3.8, 4) is 11.5 Å². The van der Waals surface area contributed by atoms with Crippen LogP contribution in [0.1, 0.15) is 18.1 Å². The smallest absolute Gasteiger partial charge is 0.265 e. The number of nitrogens with one attached hydrogen (secondary N) is 1. The van der Waals surface area contributed by atoms with E-state index in [1.807, 2.05) is 44.2 Å². The molecule has 3 rings (SSSR count). The number of methoxy groups -OCH3 is 1. The summed E-state index contributed by atoms with van der Waals surface area (Å²) in [6.45, 7) is 5.74. The molecule has 5 nitrogen and oxygen atoms in total. The Morgan fingerprint density at radius 3 is 2.54 bits per heavy atom. The van der Waals surface area contributed by atoms with Crippen LogP contribution in [0, 0.1) is 13.8 Å². The molecular weight excluding hydrogens is 328 g/mol. The summed E-state index contributed by atoms with van der Waals surface area (Å²) in [5.74, 6) is 1.13. The Morgan fingerprint density at radius 2 is 1.85 bits per heavy atom. The Balaban J connectivity index is 1.80. The average molecular weight is 350 g/mol. The Bertz CT molecular complexity index is 933. The number of aryl methyl sites for hydroxylation is 2. The summed E-state index contributed by atoms with van der Waals surface area (Å²) in [6.07, 6.45) is 1.06. The maximum Gasteiger partial charge on any atom is 0.265 e. The van der Waals surface area contributed by atoms with Gasteiger partial charge in [0.25, 0.3) is 5.91 Å². The fourth-order valence-electron chi connectivity index (χ4n) is 2.91. The molecule has 1 unspecified atom stereocenters. The highest BCUT2D eigenvalue weighted by Crippen LogP contribution is 2.30. The molecule has 0 spiro atoms. The lowest BCUT2D eigenvalue weighted by Gasteiger charge is -2.17. The first-order valence-electron chi connectivity index (χ1n) is 8.45.